The summed E-state index contributed by atoms with van der Waals surface area (Å²) in [5.74, 6) is 0.492. The minimum absolute atomic E-state index is 0. The summed E-state index contributed by atoms with van der Waals surface area (Å²) in [4.78, 5) is 12.9. The lowest BCUT2D eigenvalue weighted by atomic mass is 10.1. The molecule has 0 aliphatic carbocycles. The fraction of sp³-hybridized carbons (Fsp3) is 0.273. The summed E-state index contributed by atoms with van der Waals surface area (Å²) < 4.78 is 7.04. The van der Waals surface area contributed by atoms with Crippen molar-refractivity contribution in [1.29, 1.82) is 0 Å². The second-order valence-electron chi connectivity index (χ2n) is 7.57. The number of benzene rings is 2. The van der Waals surface area contributed by atoms with E-state index in [1.54, 1.807) is 18.0 Å². The Labute approximate surface area is 177 Å². The number of nitrogens with zero attached hydrogens (tertiary/aromatic N) is 2. The molecule has 0 spiro atoms. The van der Waals surface area contributed by atoms with Gasteiger partial charge in [0.1, 0.15) is 11.4 Å². The fourth-order valence-electron chi connectivity index (χ4n) is 2.76. The van der Waals surface area contributed by atoms with Crippen LogP contribution in [0.15, 0.2) is 54.7 Å². The molecule has 7 heteroatoms. The normalized spacial score (nSPS) is 10.9. The lowest BCUT2D eigenvalue weighted by Crippen LogP contribution is -2.45. The average molecular weight is 415 g/mol. The van der Waals surface area contributed by atoms with Gasteiger partial charge in [-0.25, -0.2) is 4.68 Å². The Kier molecular flexibility index (Phi) is 7.06. The minimum Gasteiger partial charge on any atom is -0.497 e. The molecule has 0 radical (unpaired) electrons. The van der Waals surface area contributed by atoms with Gasteiger partial charge in [0.15, 0.2) is 0 Å². The van der Waals surface area contributed by atoms with E-state index in [9.17, 15) is 4.79 Å². The lowest BCUT2D eigenvalue weighted by Gasteiger charge is -2.18. The topological polar surface area (TPSA) is 82.2 Å². The Morgan fingerprint density at radius 3 is 2.52 bits per heavy atom. The van der Waals surface area contributed by atoms with E-state index >= 15 is 0 Å². The van der Waals surface area contributed by atoms with Gasteiger partial charge in [0.25, 0.3) is 5.91 Å². The van der Waals surface area contributed by atoms with Crippen LogP contribution in [-0.2, 0) is 0 Å². The smallest absolute Gasteiger partial charge is 0.255 e. The molecule has 0 saturated heterocycles. The zero-order valence-electron chi connectivity index (χ0n) is 17.1. The third-order valence-corrected chi connectivity index (χ3v) is 4.31. The van der Waals surface area contributed by atoms with Crippen LogP contribution in [-0.4, -0.2) is 34.9 Å². The van der Waals surface area contributed by atoms with E-state index < -0.39 is 5.54 Å². The number of hydrogen-bond acceptors (Lipinski definition) is 4. The number of carbonyl (C=O) groups excluding carboxylic acids is 1. The molecule has 0 bridgehead atoms. The van der Waals surface area contributed by atoms with Gasteiger partial charge >= 0.3 is 0 Å². The molecule has 0 aliphatic heterocycles. The fourth-order valence-corrected chi connectivity index (χ4v) is 2.76. The number of carbonyl (C=O) groups is 1. The zero-order chi connectivity index (χ0) is 20.3. The van der Waals surface area contributed by atoms with E-state index in [-0.39, 0.29) is 18.3 Å². The first-order chi connectivity index (χ1) is 13.3. The van der Waals surface area contributed by atoms with Crippen LogP contribution < -0.4 is 15.8 Å². The zero-order valence-corrected chi connectivity index (χ0v) is 17.9. The van der Waals surface area contributed by atoms with Crippen LogP contribution in [0.2, 0.25) is 0 Å². The molecular formula is C22H27ClN4O2. The molecule has 0 fully saturated rings. The van der Waals surface area contributed by atoms with Gasteiger partial charge in [0.05, 0.1) is 18.4 Å². The maximum Gasteiger partial charge on any atom is 0.255 e. The number of nitrogens with two attached hydrogens (primary N) is 1. The SMILES string of the molecule is COc1cccc(-c2nn(-c3ccc(C)cc3)cc2C(=O)NCC(C)(C)N)c1.Cl. The molecule has 1 amide bonds. The van der Waals surface area contributed by atoms with Gasteiger partial charge in [-0.1, -0.05) is 29.8 Å². The van der Waals surface area contributed by atoms with Crippen LogP contribution in [0.5, 0.6) is 5.75 Å². The van der Waals surface area contributed by atoms with E-state index in [1.165, 1.54) is 0 Å². The Balaban J connectivity index is 0.00000300. The van der Waals surface area contributed by atoms with Gasteiger partial charge in [-0.2, -0.15) is 5.10 Å². The number of hydrogen-bond donors (Lipinski definition) is 2. The standard InChI is InChI=1S/C22H26N4O2.ClH/c1-15-8-10-17(11-9-15)26-13-19(21(27)24-14-22(2,3)23)20(25-26)16-6-5-7-18(12-16)28-4;/h5-13H,14,23H2,1-4H3,(H,24,27);1H. The molecule has 29 heavy (non-hydrogen) atoms. The van der Waals surface area contributed by atoms with Crippen LogP contribution in [0.3, 0.4) is 0 Å². The van der Waals surface area contributed by atoms with E-state index in [0.29, 0.717) is 23.6 Å². The number of rotatable bonds is 6. The maximum atomic E-state index is 12.9. The predicted molar refractivity (Wildman–Crippen MR) is 118 cm³/mol. The molecule has 0 saturated carbocycles. The lowest BCUT2D eigenvalue weighted by molar-refractivity contribution is 0.0946. The van der Waals surface area contributed by atoms with Crippen molar-refractivity contribution in [2.75, 3.05) is 13.7 Å². The van der Waals surface area contributed by atoms with Gasteiger partial charge in [-0.05, 0) is 45.0 Å². The molecule has 3 rings (SSSR count). The molecule has 0 aliphatic rings. The number of amides is 1. The molecule has 2 aromatic carbocycles. The van der Waals surface area contributed by atoms with Gasteiger partial charge < -0.3 is 15.8 Å². The van der Waals surface area contributed by atoms with E-state index in [2.05, 4.69) is 5.32 Å². The number of methoxy groups -OCH3 is 1. The summed E-state index contributed by atoms with van der Waals surface area (Å²) in [5, 5.41) is 7.59. The highest BCUT2D eigenvalue weighted by Crippen LogP contribution is 2.27. The number of halogens is 1. The van der Waals surface area contributed by atoms with Crippen molar-refractivity contribution in [3.8, 4) is 22.7 Å². The quantitative estimate of drug-likeness (QED) is 0.643. The Bertz CT molecular complexity index is 975. The summed E-state index contributed by atoms with van der Waals surface area (Å²) in [6.45, 7) is 6.12. The van der Waals surface area contributed by atoms with Gasteiger partial charge in [-0.3, -0.25) is 4.79 Å². The predicted octanol–water partition coefficient (Wildman–Crippen LogP) is 3.75. The summed E-state index contributed by atoms with van der Waals surface area (Å²) >= 11 is 0. The van der Waals surface area contributed by atoms with E-state index in [0.717, 1.165) is 16.8 Å². The highest BCUT2D eigenvalue weighted by Gasteiger charge is 2.21. The molecule has 154 valence electrons. The third-order valence-electron chi connectivity index (χ3n) is 4.31. The molecule has 1 aromatic heterocycles. The Morgan fingerprint density at radius 1 is 1.21 bits per heavy atom. The van der Waals surface area contributed by atoms with Crippen LogP contribution in [0.25, 0.3) is 16.9 Å². The van der Waals surface area contributed by atoms with Crippen LogP contribution in [0.1, 0.15) is 29.8 Å². The molecule has 0 atom stereocenters. The second-order valence-corrected chi connectivity index (χ2v) is 7.57. The Morgan fingerprint density at radius 2 is 1.90 bits per heavy atom. The molecule has 3 aromatic rings. The van der Waals surface area contributed by atoms with Gasteiger partial charge in [-0.15, -0.1) is 12.4 Å². The summed E-state index contributed by atoms with van der Waals surface area (Å²) in [5.41, 5.74) is 9.43. The molecule has 1 heterocycles. The van der Waals surface area contributed by atoms with E-state index in [1.807, 2.05) is 69.3 Å². The average Bonchev–Trinajstić information content (AvgIpc) is 3.11. The largest absolute Gasteiger partial charge is 0.497 e. The monoisotopic (exact) mass is 414 g/mol. The molecule has 0 unspecified atom stereocenters. The summed E-state index contributed by atoms with van der Waals surface area (Å²) in [6.07, 6.45) is 1.75. The maximum absolute atomic E-state index is 12.9. The first-order valence-electron chi connectivity index (χ1n) is 9.15. The van der Waals surface area contributed by atoms with Crippen LogP contribution in [0, 0.1) is 6.92 Å². The van der Waals surface area contributed by atoms with Crippen LogP contribution in [0.4, 0.5) is 0 Å². The highest BCUT2D eigenvalue weighted by molar-refractivity contribution is 6.00. The second kappa shape index (κ2) is 9.11. The van der Waals surface area contributed by atoms with Crippen molar-refractivity contribution in [3.63, 3.8) is 0 Å². The highest BCUT2D eigenvalue weighted by atomic mass is 35.5. The minimum atomic E-state index is -0.501. The number of nitrogens with one attached hydrogen (secondary N) is 1. The van der Waals surface area contributed by atoms with Crippen LogP contribution >= 0.6 is 12.4 Å². The number of aromatic nitrogens is 2. The Hall–Kier alpha value is -2.83. The van der Waals surface area contributed by atoms with Gasteiger partial charge in [0, 0.05) is 23.8 Å². The molecule has 3 N–H and O–H groups in total. The first-order valence-corrected chi connectivity index (χ1v) is 9.15. The van der Waals surface area contributed by atoms with Crippen molar-refractivity contribution in [1.82, 2.24) is 15.1 Å². The third kappa shape index (κ3) is 5.59. The van der Waals surface area contributed by atoms with Crippen molar-refractivity contribution in [2.24, 2.45) is 5.73 Å². The van der Waals surface area contributed by atoms with Crippen molar-refractivity contribution >= 4 is 18.3 Å². The summed E-state index contributed by atoms with van der Waals surface area (Å²) in [6, 6.07) is 15.5. The summed E-state index contributed by atoms with van der Waals surface area (Å²) in [7, 11) is 1.61. The number of aryl methyl sites for hydroxylation is 1. The number of ether oxygens (including phenoxy) is 1. The first kappa shape index (κ1) is 22.5. The molecular weight excluding hydrogens is 388 g/mol. The van der Waals surface area contributed by atoms with E-state index in [4.69, 9.17) is 15.6 Å². The van der Waals surface area contributed by atoms with Crippen molar-refractivity contribution in [2.45, 2.75) is 26.3 Å². The van der Waals surface area contributed by atoms with Crippen molar-refractivity contribution in [3.05, 3.63) is 65.9 Å². The van der Waals surface area contributed by atoms with Gasteiger partial charge in [0.2, 0.25) is 0 Å². The van der Waals surface area contributed by atoms with Crippen molar-refractivity contribution < 1.29 is 9.53 Å². The molecule has 6 nitrogen and oxygen atoms in total.